The third-order valence-corrected chi connectivity index (χ3v) is 3.71. The summed E-state index contributed by atoms with van der Waals surface area (Å²) in [7, 11) is 1.37. The van der Waals surface area contributed by atoms with Crippen LogP contribution in [0.4, 0.5) is 0 Å². The van der Waals surface area contributed by atoms with Crippen molar-refractivity contribution in [3.05, 3.63) is 45.4 Å². The van der Waals surface area contributed by atoms with Gasteiger partial charge in [-0.15, -0.1) is 11.3 Å². The summed E-state index contributed by atoms with van der Waals surface area (Å²) in [6.45, 7) is 4.49. The van der Waals surface area contributed by atoms with Gasteiger partial charge in [0.2, 0.25) is 0 Å². The average Bonchev–Trinajstić information content (AvgIpc) is 2.85. The molecule has 0 radical (unpaired) electrons. The summed E-state index contributed by atoms with van der Waals surface area (Å²) < 4.78 is 10.4. The number of nitrogens with zero attached hydrogens (tertiary/aromatic N) is 1. The van der Waals surface area contributed by atoms with E-state index in [1.807, 2.05) is 24.4 Å². The van der Waals surface area contributed by atoms with Crippen LogP contribution in [0.2, 0.25) is 0 Å². The zero-order valence-corrected chi connectivity index (χ0v) is 12.6. The van der Waals surface area contributed by atoms with Crippen molar-refractivity contribution >= 4 is 17.3 Å². The Balaban J connectivity index is 1.95. The van der Waals surface area contributed by atoms with E-state index in [0.29, 0.717) is 6.61 Å². The molecule has 0 unspecified atom stereocenters. The molecule has 0 aliphatic carbocycles. The normalized spacial score (nSPS) is 10.3. The van der Waals surface area contributed by atoms with Crippen molar-refractivity contribution < 1.29 is 14.3 Å². The molecule has 106 valence electrons. The molecule has 2 aromatic rings. The van der Waals surface area contributed by atoms with Crippen LogP contribution in [0.25, 0.3) is 0 Å². The van der Waals surface area contributed by atoms with E-state index in [4.69, 9.17) is 4.74 Å². The van der Waals surface area contributed by atoms with Crippen molar-refractivity contribution in [2.75, 3.05) is 7.11 Å². The second kappa shape index (κ2) is 6.52. The first-order valence-corrected chi connectivity index (χ1v) is 7.16. The van der Waals surface area contributed by atoms with Gasteiger partial charge in [0.1, 0.15) is 17.4 Å². The van der Waals surface area contributed by atoms with Gasteiger partial charge in [0.15, 0.2) is 0 Å². The fourth-order valence-corrected chi connectivity index (χ4v) is 2.52. The minimum atomic E-state index is -0.280. The van der Waals surface area contributed by atoms with E-state index in [-0.39, 0.29) is 12.4 Å². The molecular formula is C15H17NO3S. The number of aryl methyl sites for hydroxylation is 2. The first-order valence-electron chi connectivity index (χ1n) is 6.28. The van der Waals surface area contributed by atoms with E-state index in [9.17, 15) is 4.79 Å². The Kier molecular flexibility index (Phi) is 4.74. The van der Waals surface area contributed by atoms with Crippen molar-refractivity contribution in [1.82, 2.24) is 4.98 Å². The van der Waals surface area contributed by atoms with E-state index in [1.165, 1.54) is 24.0 Å². The van der Waals surface area contributed by atoms with Crippen LogP contribution in [0.5, 0.6) is 5.75 Å². The molecule has 5 heteroatoms. The van der Waals surface area contributed by atoms with Gasteiger partial charge in [0.25, 0.3) is 0 Å². The van der Waals surface area contributed by atoms with Gasteiger partial charge in [-0.05, 0) is 25.5 Å². The van der Waals surface area contributed by atoms with Gasteiger partial charge in [-0.2, -0.15) is 0 Å². The lowest BCUT2D eigenvalue weighted by molar-refractivity contribution is -0.139. The van der Waals surface area contributed by atoms with Crippen molar-refractivity contribution in [3.8, 4) is 5.75 Å². The number of thiazole rings is 1. The highest BCUT2D eigenvalue weighted by Crippen LogP contribution is 2.21. The number of esters is 1. The number of rotatable bonds is 5. The van der Waals surface area contributed by atoms with E-state index in [1.54, 1.807) is 0 Å². The molecule has 0 saturated carbocycles. The third-order valence-electron chi connectivity index (χ3n) is 2.83. The minimum absolute atomic E-state index is 0.205. The van der Waals surface area contributed by atoms with Crippen LogP contribution in [0, 0.1) is 13.8 Å². The predicted octanol–water partition coefficient (Wildman–Crippen LogP) is 3.05. The van der Waals surface area contributed by atoms with Gasteiger partial charge in [-0.3, -0.25) is 4.79 Å². The van der Waals surface area contributed by atoms with E-state index >= 15 is 0 Å². The van der Waals surface area contributed by atoms with Crippen LogP contribution in [0.3, 0.4) is 0 Å². The molecule has 0 atom stereocenters. The van der Waals surface area contributed by atoms with Gasteiger partial charge in [-0.1, -0.05) is 17.7 Å². The molecule has 0 bridgehead atoms. The maximum absolute atomic E-state index is 11.2. The molecule has 0 aliphatic rings. The van der Waals surface area contributed by atoms with Crippen molar-refractivity contribution in [1.29, 1.82) is 0 Å². The Morgan fingerprint density at radius 2 is 2.15 bits per heavy atom. The van der Waals surface area contributed by atoms with Gasteiger partial charge in [0, 0.05) is 5.38 Å². The van der Waals surface area contributed by atoms with Gasteiger partial charge in [0.05, 0.1) is 19.2 Å². The van der Waals surface area contributed by atoms with Crippen LogP contribution in [-0.2, 0) is 22.6 Å². The minimum Gasteiger partial charge on any atom is -0.486 e. The highest BCUT2D eigenvalue weighted by atomic mass is 32.1. The fourth-order valence-electron chi connectivity index (χ4n) is 1.82. The van der Waals surface area contributed by atoms with Crippen LogP contribution >= 0.6 is 11.3 Å². The molecule has 0 amide bonds. The summed E-state index contributed by atoms with van der Waals surface area (Å²) in [5.41, 5.74) is 3.04. The SMILES string of the molecule is COC(=O)Cc1csc(COc2ccc(C)cc2C)n1. The summed E-state index contributed by atoms with van der Waals surface area (Å²) in [5.74, 6) is 0.581. The lowest BCUT2D eigenvalue weighted by atomic mass is 10.1. The van der Waals surface area contributed by atoms with Crippen LogP contribution < -0.4 is 4.74 Å². The van der Waals surface area contributed by atoms with Crippen LogP contribution in [-0.4, -0.2) is 18.1 Å². The molecule has 1 aromatic carbocycles. The number of carbonyl (C=O) groups excluding carboxylic acids is 1. The zero-order valence-electron chi connectivity index (χ0n) is 11.8. The highest BCUT2D eigenvalue weighted by Gasteiger charge is 2.08. The number of aromatic nitrogens is 1. The Hall–Kier alpha value is -1.88. The molecule has 0 aliphatic heterocycles. The average molecular weight is 291 g/mol. The first kappa shape index (κ1) is 14.5. The Morgan fingerprint density at radius 1 is 1.35 bits per heavy atom. The zero-order chi connectivity index (χ0) is 14.5. The monoisotopic (exact) mass is 291 g/mol. The summed E-state index contributed by atoms with van der Waals surface area (Å²) in [4.78, 5) is 15.5. The lowest BCUT2D eigenvalue weighted by Gasteiger charge is -2.08. The summed E-state index contributed by atoms with van der Waals surface area (Å²) >= 11 is 1.49. The molecule has 1 aromatic heterocycles. The molecule has 2 rings (SSSR count). The number of ether oxygens (including phenoxy) is 2. The van der Waals surface area contributed by atoms with Crippen molar-refractivity contribution in [2.45, 2.75) is 26.9 Å². The predicted molar refractivity (Wildman–Crippen MR) is 78.1 cm³/mol. The fraction of sp³-hybridized carbons (Fsp3) is 0.333. The highest BCUT2D eigenvalue weighted by molar-refractivity contribution is 7.09. The van der Waals surface area contributed by atoms with Crippen LogP contribution in [0.1, 0.15) is 21.8 Å². The van der Waals surface area contributed by atoms with Crippen molar-refractivity contribution in [3.63, 3.8) is 0 Å². The molecule has 1 heterocycles. The van der Waals surface area contributed by atoms with Gasteiger partial charge < -0.3 is 9.47 Å². The molecule has 0 fully saturated rings. The second-order valence-corrected chi connectivity index (χ2v) is 5.49. The summed E-state index contributed by atoms with van der Waals surface area (Å²) in [6, 6.07) is 6.07. The summed E-state index contributed by atoms with van der Waals surface area (Å²) in [6.07, 6.45) is 0.205. The van der Waals surface area contributed by atoms with Crippen molar-refractivity contribution in [2.24, 2.45) is 0 Å². The Labute approximate surface area is 122 Å². The van der Waals surface area contributed by atoms with E-state index < -0.39 is 0 Å². The molecule has 0 N–H and O–H groups in total. The molecule has 0 saturated heterocycles. The third kappa shape index (κ3) is 3.81. The van der Waals surface area contributed by atoms with E-state index in [0.717, 1.165) is 22.0 Å². The number of hydrogen-bond acceptors (Lipinski definition) is 5. The lowest BCUT2D eigenvalue weighted by Crippen LogP contribution is -2.05. The number of benzene rings is 1. The van der Waals surface area contributed by atoms with Crippen LogP contribution in [0.15, 0.2) is 23.6 Å². The Bertz CT molecular complexity index is 607. The van der Waals surface area contributed by atoms with E-state index in [2.05, 4.69) is 22.7 Å². The number of hydrogen-bond donors (Lipinski definition) is 0. The second-order valence-electron chi connectivity index (χ2n) is 4.54. The molecule has 0 spiro atoms. The molecule has 4 nitrogen and oxygen atoms in total. The smallest absolute Gasteiger partial charge is 0.311 e. The van der Waals surface area contributed by atoms with Gasteiger partial charge >= 0.3 is 5.97 Å². The topological polar surface area (TPSA) is 48.4 Å². The maximum atomic E-state index is 11.2. The molecular weight excluding hydrogens is 274 g/mol. The number of methoxy groups -OCH3 is 1. The first-order chi connectivity index (χ1) is 9.58. The number of carbonyl (C=O) groups is 1. The largest absolute Gasteiger partial charge is 0.486 e. The maximum Gasteiger partial charge on any atom is 0.311 e. The standard InChI is InChI=1S/C15H17NO3S/c1-10-4-5-13(11(2)6-10)19-8-14-16-12(9-20-14)7-15(17)18-3/h4-6,9H,7-8H2,1-3H3. The quantitative estimate of drug-likeness (QED) is 0.794. The molecule has 20 heavy (non-hydrogen) atoms. The van der Waals surface area contributed by atoms with Gasteiger partial charge in [-0.25, -0.2) is 4.98 Å². The Morgan fingerprint density at radius 3 is 2.85 bits per heavy atom. The summed E-state index contributed by atoms with van der Waals surface area (Å²) in [5, 5.41) is 2.71.